The maximum Gasteiger partial charge on any atom is 0.253 e. The zero-order valence-corrected chi connectivity index (χ0v) is 16.5. The van der Waals surface area contributed by atoms with Crippen molar-refractivity contribution in [3.63, 3.8) is 0 Å². The van der Waals surface area contributed by atoms with E-state index in [1.54, 1.807) is 41.2 Å². The van der Waals surface area contributed by atoms with Crippen molar-refractivity contribution in [3.8, 4) is 0 Å². The van der Waals surface area contributed by atoms with Crippen LogP contribution >= 0.6 is 0 Å². The predicted octanol–water partition coefficient (Wildman–Crippen LogP) is 1.90. The number of benzene rings is 1. The maximum atomic E-state index is 12.8. The Hall–Kier alpha value is -3.75. The van der Waals surface area contributed by atoms with E-state index in [9.17, 15) is 9.59 Å². The van der Waals surface area contributed by atoms with Gasteiger partial charge in [0.2, 0.25) is 5.91 Å². The summed E-state index contributed by atoms with van der Waals surface area (Å²) >= 11 is 0. The quantitative estimate of drug-likeness (QED) is 0.607. The summed E-state index contributed by atoms with van der Waals surface area (Å²) in [7, 11) is 0. The SMILES string of the molecule is C=CCNC(=O)c1ccccc1NC(=O)C1CCN(c2ccc3nncn3n2)CC1. The molecule has 3 aromatic rings. The molecule has 154 valence electrons. The van der Waals surface area contributed by atoms with E-state index in [0.717, 1.165) is 18.9 Å². The summed E-state index contributed by atoms with van der Waals surface area (Å²) in [6, 6.07) is 10.8. The second-order valence-corrected chi connectivity index (χ2v) is 7.12. The molecule has 1 aliphatic heterocycles. The van der Waals surface area contributed by atoms with Crippen LogP contribution in [-0.4, -0.2) is 51.3 Å². The number of nitrogens with zero attached hydrogens (tertiary/aromatic N) is 5. The predicted molar refractivity (Wildman–Crippen MR) is 113 cm³/mol. The number of aromatic nitrogens is 4. The Morgan fingerprint density at radius 2 is 1.97 bits per heavy atom. The van der Waals surface area contributed by atoms with Crippen LogP contribution in [0, 0.1) is 5.92 Å². The monoisotopic (exact) mass is 405 g/mol. The lowest BCUT2D eigenvalue weighted by Gasteiger charge is -2.32. The van der Waals surface area contributed by atoms with E-state index in [0.29, 0.717) is 36.3 Å². The molecule has 9 nitrogen and oxygen atoms in total. The molecular formula is C21H23N7O2. The van der Waals surface area contributed by atoms with Gasteiger partial charge in [0.05, 0.1) is 11.3 Å². The van der Waals surface area contributed by atoms with Crippen LogP contribution in [0.25, 0.3) is 5.65 Å². The van der Waals surface area contributed by atoms with Gasteiger partial charge in [-0.2, -0.15) is 4.52 Å². The maximum absolute atomic E-state index is 12.8. The van der Waals surface area contributed by atoms with E-state index in [4.69, 9.17) is 0 Å². The molecule has 1 aromatic carbocycles. The first-order valence-electron chi connectivity index (χ1n) is 9.86. The van der Waals surface area contributed by atoms with Crippen molar-refractivity contribution in [2.75, 3.05) is 29.9 Å². The fraction of sp³-hybridized carbons (Fsp3) is 0.286. The Kier molecular flexibility index (Phi) is 5.69. The van der Waals surface area contributed by atoms with Gasteiger partial charge in [-0.15, -0.1) is 21.9 Å². The number of carbonyl (C=O) groups excluding carboxylic acids is 2. The summed E-state index contributed by atoms with van der Waals surface area (Å²) in [6.45, 7) is 5.41. The Labute approximate surface area is 173 Å². The van der Waals surface area contributed by atoms with Crippen molar-refractivity contribution in [2.24, 2.45) is 5.92 Å². The molecule has 30 heavy (non-hydrogen) atoms. The summed E-state index contributed by atoms with van der Waals surface area (Å²) < 4.78 is 1.64. The number of piperidine rings is 1. The lowest BCUT2D eigenvalue weighted by atomic mass is 9.95. The third-order valence-electron chi connectivity index (χ3n) is 5.17. The van der Waals surface area contributed by atoms with Crippen LogP contribution in [0.4, 0.5) is 11.5 Å². The first-order chi connectivity index (χ1) is 14.7. The summed E-state index contributed by atoms with van der Waals surface area (Å²) in [5, 5.41) is 18.0. The molecule has 0 bridgehead atoms. The van der Waals surface area contributed by atoms with E-state index in [-0.39, 0.29) is 17.7 Å². The Morgan fingerprint density at radius 1 is 1.17 bits per heavy atom. The Bertz CT molecular complexity index is 1070. The second-order valence-electron chi connectivity index (χ2n) is 7.12. The third-order valence-corrected chi connectivity index (χ3v) is 5.17. The highest BCUT2D eigenvalue weighted by molar-refractivity contribution is 6.04. The average Bonchev–Trinajstić information content (AvgIpc) is 3.26. The van der Waals surface area contributed by atoms with Crippen LogP contribution < -0.4 is 15.5 Å². The molecule has 3 heterocycles. The summed E-state index contributed by atoms with van der Waals surface area (Å²) in [6.07, 6.45) is 4.60. The zero-order chi connectivity index (χ0) is 20.9. The number of nitrogens with one attached hydrogen (secondary N) is 2. The molecule has 1 aliphatic rings. The number of amides is 2. The van der Waals surface area contributed by atoms with Gasteiger partial charge in [0, 0.05) is 25.6 Å². The number of rotatable bonds is 6. The molecule has 0 atom stereocenters. The van der Waals surface area contributed by atoms with Crippen LogP contribution in [0.1, 0.15) is 23.2 Å². The van der Waals surface area contributed by atoms with E-state index in [2.05, 4.69) is 37.4 Å². The highest BCUT2D eigenvalue weighted by atomic mass is 16.2. The average molecular weight is 405 g/mol. The minimum absolute atomic E-state index is 0.0687. The van der Waals surface area contributed by atoms with Crippen molar-refractivity contribution in [2.45, 2.75) is 12.8 Å². The van der Waals surface area contributed by atoms with Crippen molar-refractivity contribution in [3.05, 3.63) is 60.9 Å². The summed E-state index contributed by atoms with van der Waals surface area (Å²) in [4.78, 5) is 27.3. The van der Waals surface area contributed by atoms with Gasteiger partial charge in [-0.05, 0) is 37.1 Å². The Morgan fingerprint density at radius 3 is 2.77 bits per heavy atom. The van der Waals surface area contributed by atoms with Gasteiger partial charge < -0.3 is 15.5 Å². The van der Waals surface area contributed by atoms with E-state index in [1.807, 2.05) is 12.1 Å². The highest BCUT2D eigenvalue weighted by Gasteiger charge is 2.26. The molecule has 0 radical (unpaired) electrons. The fourth-order valence-electron chi connectivity index (χ4n) is 3.54. The molecule has 2 N–H and O–H groups in total. The molecule has 9 heteroatoms. The first-order valence-corrected chi connectivity index (χ1v) is 9.86. The number of anilines is 2. The van der Waals surface area contributed by atoms with Crippen LogP contribution in [0.3, 0.4) is 0 Å². The number of carbonyl (C=O) groups is 2. The second kappa shape index (κ2) is 8.73. The minimum Gasteiger partial charge on any atom is -0.355 e. The van der Waals surface area contributed by atoms with Gasteiger partial charge in [-0.3, -0.25) is 9.59 Å². The zero-order valence-electron chi connectivity index (χ0n) is 16.5. The number of fused-ring (bicyclic) bond motifs is 1. The van der Waals surface area contributed by atoms with Crippen LogP contribution in [-0.2, 0) is 4.79 Å². The van der Waals surface area contributed by atoms with Gasteiger partial charge in [0.25, 0.3) is 5.91 Å². The minimum atomic E-state index is -0.240. The lowest BCUT2D eigenvalue weighted by Crippen LogP contribution is -2.39. The van der Waals surface area contributed by atoms with Crippen LogP contribution in [0.2, 0.25) is 0 Å². The summed E-state index contributed by atoms with van der Waals surface area (Å²) in [5.41, 5.74) is 1.66. The molecule has 0 unspecified atom stereocenters. The van der Waals surface area contributed by atoms with Crippen LogP contribution in [0.5, 0.6) is 0 Å². The van der Waals surface area contributed by atoms with Crippen LogP contribution in [0.15, 0.2) is 55.4 Å². The van der Waals surface area contributed by atoms with E-state index in [1.165, 1.54) is 0 Å². The number of hydrogen-bond acceptors (Lipinski definition) is 6. The molecule has 0 aliphatic carbocycles. The van der Waals surface area contributed by atoms with Crippen molar-refractivity contribution in [1.29, 1.82) is 0 Å². The molecule has 0 spiro atoms. The number of hydrogen-bond donors (Lipinski definition) is 2. The standard InChI is InChI=1S/C21H23N7O2/c1-2-11-22-21(30)16-5-3-4-6-17(16)24-20(29)15-9-12-27(13-10-15)19-8-7-18-25-23-14-28(18)26-19/h2-8,14-15H,1,9-13H2,(H,22,30)(H,24,29). The Balaban J connectivity index is 1.38. The topological polar surface area (TPSA) is 105 Å². The van der Waals surface area contributed by atoms with Crippen molar-refractivity contribution >= 4 is 29.0 Å². The third kappa shape index (κ3) is 4.14. The lowest BCUT2D eigenvalue weighted by molar-refractivity contribution is -0.120. The summed E-state index contributed by atoms with van der Waals surface area (Å²) in [5.74, 6) is 0.409. The van der Waals surface area contributed by atoms with Gasteiger partial charge in [0.1, 0.15) is 12.1 Å². The van der Waals surface area contributed by atoms with Crippen molar-refractivity contribution < 1.29 is 9.59 Å². The van der Waals surface area contributed by atoms with Gasteiger partial charge in [-0.25, -0.2) is 0 Å². The van der Waals surface area contributed by atoms with E-state index < -0.39 is 0 Å². The van der Waals surface area contributed by atoms with Gasteiger partial charge >= 0.3 is 0 Å². The first kappa shape index (κ1) is 19.6. The molecule has 2 aromatic heterocycles. The van der Waals surface area contributed by atoms with Gasteiger partial charge in [-0.1, -0.05) is 18.2 Å². The largest absolute Gasteiger partial charge is 0.355 e. The molecule has 2 amide bonds. The molecule has 0 saturated carbocycles. The van der Waals surface area contributed by atoms with Gasteiger partial charge in [0.15, 0.2) is 5.65 Å². The van der Waals surface area contributed by atoms with E-state index >= 15 is 0 Å². The molecule has 4 rings (SSSR count). The normalized spacial score (nSPS) is 14.5. The molecular weight excluding hydrogens is 382 g/mol. The number of para-hydroxylation sites is 1. The van der Waals surface area contributed by atoms with Crippen molar-refractivity contribution in [1.82, 2.24) is 25.1 Å². The fourth-order valence-corrected chi connectivity index (χ4v) is 3.54. The highest BCUT2D eigenvalue weighted by Crippen LogP contribution is 2.24. The smallest absolute Gasteiger partial charge is 0.253 e. The molecule has 1 saturated heterocycles. The molecule has 1 fully saturated rings.